The lowest BCUT2D eigenvalue weighted by Crippen LogP contribution is -2.63. The number of nitrogens with one attached hydrogen (secondary N) is 1. The normalized spacial score (nSPS) is 39.4. The Bertz CT molecular complexity index is 251. The number of piperidine rings is 2. The van der Waals surface area contributed by atoms with Crippen LogP contribution in [0.4, 0.5) is 0 Å². The van der Waals surface area contributed by atoms with E-state index in [1.54, 1.807) is 0 Å². The minimum Gasteiger partial charge on any atom is -0.296 e. The maximum absolute atomic E-state index is 11.5. The smallest absolute Gasteiger partial charge is 0.233 e. The summed E-state index contributed by atoms with van der Waals surface area (Å²) in [6.07, 6.45) is 1.55. The van der Waals surface area contributed by atoms with Gasteiger partial charge in [0.15, 0.2) is 0 Å². The van der Waals surface area contributed by atoms with Gasteiger partial charge in [-0.15, -0.1) is 0 Å². The molecule has 66 valence electrons. The van der Waals surface area contributed by atoms with Gasteiger partial charge in [-0.3, -0.25) is 14.9 Å². The molecule has 0 aromatic carbocycles. The maximum Gasteiger partial charge on any atom is 0.233 e. The Balaban J connectivity index is 2.25. The number of hydrogen-bond acceptors (Lipinski definition) is 2. The highest BCUT2D eigenvalue weighted by Crippen LogP contribution is 2.53. The average molecular weight is 167 g/mol. The van der Waals surface area contributed by atoms with Crippen LogP contribution < -0.4 is 5.32 Å². The van der Waals surface area contributed by atoms with Gasteiger partial charge in [-0.1, -0.05) is 13.8 Å². The van der Waals surface area contributed by atoms with Crippen LogP contribution in [0.2, 0.25) is 0 Å². The third kappa shape index (κ3) is 0.713. The third-order valence-corrected chi connectivity index (χ3v) is 3.39. The minimum atomic E-state index is -0.210. The van der Waals surface area contributed by atoms with Gasteiger partial charge in [0.25, 0.3) is 0 Å². The number of hydrogen-bond donors (Lipinski definition) is 1. The van der Waals surface area contributed by atoms with Crippen molar-refractivity contribution in [2.75, 3.05) is 0 Å². The molecule has 0 unspecified atom stereocenters. The van der Waals surface area contributed by atoms with Crippen LogP contribution in [0.25, 0.3) is 0 Å². The van der Waals surface area contributed by atoms with E-state index >= 15 is 0 Å². The second kappa shape index (κ2) is 2.09. The number of carbonyl (C=O) groups is 2. The highest BCUT2D eigenvalue weighted by Gasteiger charge is 2.58. The number of fused-ring (bicyclic) bond motifs is 2. The topological polar surface area (TPSA) is 46.2 Å². The van der Waals surface area contributed by atoms with E-state index < -0.39 is 0 Å². The van der Waals surface area contributed by atoms with Crippen molar-refractivity contribution in [3.05, 3.63) is 0 Å². The molecule has 12 heavy (non-hydrogen) atoms. The summed E-state index contributed by atoms with van der Waals surface area (Å²) in [6.45, 7) is 4.09. The zero-order valence-electron chi connectivity index (χ0n) is 7.39. The van der Waals surface area contributed by atoms with Crippen molar-refractivity contribution < 1.29 is 9.59 Å². The zero-order valence-corrected chi connectivity index (χ0v) is 7.39. The molecule has 3 fully saturated rings. The van der Waals surface area contributed by atoms with Crippen LogP contribution in [-0.2, 0) is 9.59 Å². The summed E-state index contributed by atoms with van der Waals surface area (Å²) in [7, 11) is 0. The quantitative estimate of drug-likeness (QED) is 0.584. The van der Waals surface area contributed by atoms with Gasteiger partial charge >= 0.3 is 0 Å². The van der Waals surface area contributed by atoms with E-state index in [-0.39, 0.29) is 23.1 Å². The van der Waals surface area contributed by atoms with Gasteiger partial charge in [0.2, 0.25) is 11.8 Å². The number of imide groups is 1. The molecule has 3 aliphatic rings. The van der Waals surface area contributed by atoms with E-state index in [2.05, 4.69) is 5.32 Å². The Kier molecular flexibility index (Phi) is 1.35. The first kappa shape index (κ1) is 7.77. The van der Waals surface area contributed by atoms with Gasteiger partial charge in [-0.25, -0.2) is 0 Å². The predicted molar refractivity (Wildman–Crippen MR) is 43.1 cm³/mol. The SMILES string of the molecule is CC(C)C12CC(C1)C(=O)NC2=O. The van der Waals surface area contributed by atoms with E-state index in [4.69, 9.17) is 0 Å². The lowest BCUT2D eigenvalue weighted by Gasteiger charge is -2.52. The van der Waals surface area contributed by atoms with Gasteiger partial charge in [-0.2, -0.15) is 0 Å². The largest absolute Gasteiger partial charge is 0.296 e. The van der Waals surface area contributed by atoms with Crippen molar-refractivity contribution >= 4 is 11.8 Å². The lowest BCUT2D eigenvalue weighted by atomic mass is 9.54. The molecule has 2 saturated heterocycles. The lowest BCUT2D eigenvalue weighted by molar-refractivity contribution is -0.163. The van der Waals surface area contributed by atoms with Gasteiger partial charge in [-0.05, 0) is 18.8 Å². The van der Waals surface area contributed by atoms with E-state index in [9.17, 15) is 9.59 Å². The van der Waals surface area contributed by atoms with Crippen LogP contribution in [0.5, 0.6) is 0 Å². The van der Waals surface area contributed by atoms with Crippen LogP contribution in [-0.4, -0.2) is 11.8 Å². The van der Waals surface area contributed by atoms with Crippen LogP contribution >= 0.6 is 0 Å². The molecule has 3 rings (SSSR count). The summed E-state index contributed by atoms with van der Waals surface area (Å²) in [5, 5.41) is 2.42. The first-order chi connectivity index (χ1) is 5.56. The van der Waals surface area contributed by atoms with Crippen LogP contribution in [0.1, 0.15) is 26.7 Å². The summed E-state index contributed by atoms with van der Waals surface area (Å²) in [4.78, 5) is 22.5. The van der Waals surface area contributed by atoms with Crippen molar-refractivity contribution in [3.8, 4) is 0 Å². The summed E-state index contributed by atoms with van der Waals surface area (Å²) in [5.41, 5.74) is -0.210. The summed E-state index contributed by atoms with van der Waals surface area (Å²) < 4.78 is 0. The zero-order chi connectivity index (χ0) is 8.93. The van der Waals surface area contributed by atoms with E-state index in [1.807, 2.05) is 13.8 Å². The number of rotatable bonds is 1. The predicted octanol–water partition coefficient (Wildman–Crippen LogP) is 0.695. The molecule has 2 amide bonds. The Labute approximate surface area is 71.5 Å². The van der Waals surface area contributed by atoms with Crippen LogP contribution in [0.15, 0.2) is 0 Å². The highest BCUT2D eigenvalue weighted by molar-refractivity contribution is 6.05. The fourth-order valence-electron chi connectivity index (χ4n) is 2.26. The molecule has 0 spiro atoms. The molecule has 2 aliphatic heterocycles. The average Bonchev–Trinajstić information content (AvgIpc) is 1.81. The van der Waals surface area contributed by atoms with E-state index in [0.29, 0.717) is 5.92 Å². The molecule has 0 radical (unpaired) electrons. The molecule has 2 heterocycles. The Hall–Kier alpha value is -0.860. The molecule has 0 aromatic heterocycles. The first-order valence-electron chi connectivity index (χ1n) is 4.41. The second-order valence-electron chi connectivity index (χ2n) is 4.23. The van der Waals surface area contributed by atoms with Gasteiger partial charge in [0.05, 0.1) is 5.41 Å². The molecular weight excluding hydrogens is 154 g/mol. The van der Waals surface area contributed by atoms with Crippen LogP contribution in [0.3, 0.4) is 0 Å². The first-order valence-corrected chi connectivity index (χ1v) is 4.41. The molecule has 1 saturated carbocycles. The summed E-state index contributed by atoms with van der Waals surface area (Å²) >= 11 is 0. The number of carbonyl (C=O) groups excluding carboxylic acids is 2. The second-order valence-corrected chi connectivity index (χ2v) is 4.23. The molecule has 1 N–H and O–H groups in total. The van der Waals surface area contributed by atoms with Crippen molar-refractivity contribution in [2.45, 2.75) is 26.7 Å². The molecule has 1 aliphatic carbocycles. The van der Waals surface area contributed by atoms with Crippen molar-refractivity contribution in [1.29, 1.82) is 0 Å². The summed E-state index contributed by atoms with van der Waals surface area (Å²) in [6, 6.07) is 0. The van der Waals surface area contributed by atoms with Gasteiger partial charge in [0.1, 0.15) is 0 Å². The summed E-state index contributed by atoms with van der Waals surface area (Å²) in [5.74, 6) is 0.347. The molecule has 0 atom stereocenters. The van der Waals surface area contributed by atoms with Crippen molar-refractivity contribution in [3.63, 3.8) is 0 Å². The van der Waals surface area contributed by atoms with E-state index in [1.165, 1.54) is 0 Å². The Morgan fingerprint density at radius 3 is 2.42 bits per heavy atom. The highest BCUT2D eigenvalue weighted by atomic mass is 16.2. The van der Waals surface area contributed by atoms with Gasteiger partial charge < -0.3 is 0 Å². The number of amides is 2. The van der Waals surface area contributed by atoms with E-state index in [0.717, 1.165) is 12.8 Å². The fourth-order valence-corrected chi connectivity index (χ4v) is 2.26. The van der Waals surface area contributed by atoms with Gasteiger partial charge in [0, 0.05) is 5.92 Å². The van der Waals surface area contributed by atoms with Crippen LogP contribution in [0, 0.1) is 17.3 Å². The molecule has 3 nitrogen and oxygen atoms in total. The standard InChI is InChI=1S/C9H13NO2/c1-5(2)9-3-6(4-9)7(11)10-8(9)12/h5-6H,3-4H2,1-2H3,(H,10,11,12). The molecule has 3 heteroatoms. The van der Waals surface area contributed by atoms with Crippen molar-refractivity contribution in [2.24, 2.45) is 17.3 Å². The third-order valence-electron chi connectivity index (χ3n) is 3.39. The maximum atomic E-state index is 11.5. The molecule has 0 aromatic rings. The van der Waals surface area contributed by atoms with Crippen molar-refractivity contribution in [1.82, 2.24) is 5.32 Å². The minimum absolute atomic E-state index is 0.0509. The Morgan fingerprint density at radius 1 is 1.42 bits per heavy atom. The fraction of sp³-hybridized carbons (Fsp3) is 0.778. The monoisotopic (exact) mass is 167 g/mol. The molecular formula is C9H13NO2. The molecule has 2 bridgehead atoms. The Morgan fingerprint density at radius 2 is 2.00 bits per heavy atom.